The first-order chi connectivity index (χ1) is 26.4. The van der Waals surface area contributed by atoms with Crippen molar-refractivity contribution < 1.29 is 0 Å². The van der Waals surface area contributed by atoms with Gasteiger partial charge in [0.05, 0.1) is 11.0 Å². The molecule has 54 heavy (non-hydrogen) atoms. The van der Waals surface area contributed by atoms with Gasteiger partial charge in [-0.3, -0.25) is 0 Å². The molecule has 256 valence electrons. The van der Waals surface area contributed by atoms with Gasteiger partial charge in [-0.1, -0.05) is 141 Å². The highest BCUT2D eigenvalue weighted by molar-refractivity contribution is 6.12. The molecule has 0 fully saturated rings. The minimum atomic E-state index is -0.0430. The molecule has 0 saturated carbocycles. The van der Waals surface area contributed by atoms with E-state index in [4.69, 9.17) is 0 Å². The highest BCUT2D eigenvalue weighted by Gasteiger charge is 2.35. The maximum Gasteiger partial charge on any atom is 0.0541 e. The standard InChI is InChI=1S/C53H39N/c1-33-10-4-6-12-42(33)34-16-22-41(23-17-34)54-51-26-20-36(35-18-24-44-40(28-35)29-39-11-5-7-13-43(39)44)30-47(51)48-31-37(21-27-52(48)54)38-19-25-46-45-14-8-9-15-49(45)53(2,3)50(46)32-38/h4-28,30-32H,29H2,1-3H3. The molecule has 0 aliphatic heterocycles. The van der Waals surface area contributed by atoms with E-state index in [1.54, 1.807) is 0 Å². The number of aromatic nitrogens is 1. The van der Waals surface area contributed by atoms with Crippen LogP contribution in [0, 0.1) is 6.92 Å². The summed E-state index contributed by atoms with van der Waals surface area (Å²) >= 11 is 0. The zero-order chi connectivity index (χ0) is 36.1. The van der Waals surface area contributed by atoms with Crippen molar-refractivity contribution in [2.45, 2.75) is 32.6 Å². The summed E-state index contributed by atoms with van der Waals surface area (Å²) in [5, 5.41) is 2.54. The maximum atomic E-state index is 2.45. The third-order valence-corrected chi connectivity index (χ3v) is 12.4. The highest BCUT2D eigenvalue weighted by Crippen LogP contribution is 2.50. The zero-order valence-corrected chi connectivity index (χ0v) is 30.8. The summed E-state index contributed by atoms with van der Waals surface area (Å²) in [6.45, 7) is 6.91. The molecule has 11 rings (SSSR count). The van der Waals surface area contributed by atoms with Gasteiger partial charge in [0.15, 0.2) is 0 Å². The lowest BCUT2D eigenvalue weighted by atomic mass is 9.81. The first-order valence-corrected chi connectivity index (χ1v) is 19.1. The third-order valence-electron chi connectivity index (χ3n) is 12.4. The first kappa shape index (κ1) is 31.1. The molecule has 1 heterocycles. The molecule has 0 bridgehead atoms. The summed E-state index contributed by atoms with van der Waals surface area (Å²) in [6, 6.07) is 63.7. The molecule has 2 aliphatic rings. The van der Waals surface area contributed by atoms with Crippen molar-refractivity contribution in [3.05, 3.63) is 198 Å². The Morgan fingerprint density at radius 2 is 0.926 bits per heavy atom. The molecule has 2 aliphatic carbocycles. The van der Waals surface area contributed by atoms with Crippen molar-refractivity contribution >= 4 is 21.8 Å². The van der Waals surface area contributed by atoms with E-state index in [-0.39, 0.29) is 5.41 Å². The van der Waals surface area contributed by atoms with Crippen LogP contribution in [0.4, 0.5) is 0 Å². The van der Waals surface area contributed by atoms with Crippen LogP contribution >= 0.6 is 0 Å². The molecule has 0 radical (unpaired) electrons. The van der Waals surface area contributed by atoms with Gasteiger partial charge in [0.25, 0.3) is 0 Å². The molecular formula is C53H39N. The summed E-state index contributed by atoms with van der Waals surface area (Å²) < 4.78 is 2.45. The molecule has 0 unspecified atom stereocenters. The molecular weight excluding hydrogens is 651 g/mol. The van der Waals surface area contributed by atoms with Gasteiger partial charge in [-0.15, -0.1) is 0 Å². The van der Waals surface area contributed by atoms with Crippen LogP contribution in [0.25, 0.3) is 83.1 Å². The predicted octanol–water partition coefficient (Wildman–Crippen LogP) is 14.0. The SMILES string of the molecule is Cc1ccccc1-c1ccc(-n2c3ccc(-c4ccc5c(c4)Cc4ccccc4-5)cc3c3cc(-c4ccc5c(c4)C(C)(C)c4ccccc4-5)ccc32)cc1. The Hall–Kier alpha value is -6.44. The number of fused-ring (bicyclic) bond motifs is 9. The number of aryl methyl sites for hydroxylation is 1. The molecule has 8 aromatic carbocycles. The Balaban J connectivity index is 1.07. The predicted molar refractivity (Wildman–Crippen MR) is 228 cm³/mol. The van der Waals surface area contributed by atoms with Crippen LogP contribution in [-0.4, -0.2) is 4.57 Å². The van der Waals surface area contributed by atoms with Crippen LogP contribution in [0.15, 0.2) is 170 Å². The van der Waals surface area contributed by atoms with Crippen LogP contribution in [0.5, 0.6) is 0 Å². The van der Waals surface area contributed by atoms with Crippen molar-refractivity contribution in [1.29, 1.82) is 0 Å². The number of hydrogen-bond acceptors (Lipinski definition) is 0. The maximum absolute atomic E-state index is 2.45. The van der Waals surface area contributed by atoms with Crippen LogP contribution in [0.2, 0.25) is 0 Å². The fourth-order valence-corrected chi connectivity index (χ4v) is 9.56. The van der Waals surface area contributed by atoms with E-state index < -0.39 is 0 Å². The lowest BCUT2D eigenvalue weighted by Gasteiger charge is -2.22. The van der Waals surface area contributed by atoms with Gasteiger partial charge >= 0.3 is 0 Å². The van der Waals surface area contributed by atoms with Crippen molar-refractivity contribution in [3.63, 3.8) is 0 Å². The van der Waals surface area contributed by atoms with Gasteiger partial charge in [-0.2, -0.15) is 0 Å². The first-order valence-electron chi connectivity index (χ1n) is 19.1. The number of hydrogen-bond donors (Lipinski definition) is 0. The number of rotatable bonds is 4. The summed E-state index contributed by atoms with van der Waals surface area (Å²) in [5.74, 6) is 0. The smallest absolute Gasteiger partial charge is 0.0541 e. The summed E-state index contributed by atoms with van der Waals surface area (Å²) in [5.41, 5.74) is 23.5. The Morgan fingerprint density at radius 3 is 1.65 bits per heavy atom. The normalized spacial score (nSPS) is 13.5. The molecule has 0 amide bonds. The Bertz CT molecular complexity index is 2990. The summed E-state index contributed by atoms with van der Waals surface area (Å²) in [7, 11) is 0. The highest BCUT2D eigenvalue weighted by atomic mass is 15.0. The molecule has 1 heteroatoms. The molecule has 1 nitrogen and oxygen atoms in total. The summed E-state index contributed by atoms with van der Waals surface area (Å²) in [6.07, 6.45) is 0.991. The van der Waals surface area contributed by atoms with Crippen LogP contribution in [0.1, 0.15) is 41.7 Å². The molecule has 1 aromatic heterocycles. The van der Waals surface area contributed by atoms with Crippen molar-refractivity contribution in [2.24, 2.45) is 0 Å². The second-order valence-corrected chi connectivity index (χ2v) is 15.8. The largest absolute Gasteiger partial charge is 0.309 e. The Labute approximate surface area is 316 Å². The molecule has 9 aromatic rings. The fraction of sp³-hybridized carbons (Fsp3) is 0.0943. The topological polar surface area (TPSA) is 4.93 Å². The molecule has 0 spiro atoms. The Kier molecular flexibility index (Phi) is 6.64. The van der Waals surface area contributed by atoms with Crippen LogP contribution in [0.3, 0.4) is 0 Å². The third kappa shape index (κ3) is 4.58. The van der Waals surface area contributed by atoms with Gasteiger partial charge < -0.3 is 4.57 Å². The minimum Gasteiger partial charge on any atom is -0.309 e. The van der Waals surface area contributed by atoms with Gasteiger partial charge in [0.1, 0.15) is 0 Å². The van der Waals surface area contributed by atoms with Gasteiger partial charge in [-0.05, 0) is 139 Å². The van der Waals surface area contributed by atoms with Gasteiger partial charge in [-0.25, -0.2) is 0 Å². The van der Waals surface area contributed by atoms with E-state index in [1.165, 1.54) is 111 Å². The van der Waals surface area contributed by atoms with E-state index in [0.29, 0.717) is 0 Å². The van der Waals surface area contributed by atoms with Crippen molar-refractivity contribution in [2.75, 3.05) is 0 Å². The quantitative estimate of drug-likeness (QED) is 0.173. The number of nitrogens with zero attached hydrogens (tertiary/aromatic N) is 1. The molecule has 0 saturated heterocycles. The summed E-state index contributed by atoms with van der Waals surface area (Å²) in [4.78, 5) is 0. The zero-order valence-electron chi connectivity index (χ0n) is 30.8. The van der Waals surface area contributed by atoms with Gasteiger partial charge in [0, 0.05) is 21.9 Å². The van der Waals surface area contributed by atoms with E-state index in [0.717, 1.165) is 6.42 Å². The monoisotopic (exact) mass is 689 g/mol. The van der Waals surface area contributed by atoms with Crippen LogP contribution < -0.4 is 0 Å². The molecule has 0 N–H and O–H groups in total. The second kappa shape index (κ2) is 11.5. The van der Waals surface area contributed by atoms with E-state index in [9.17, 15) is 0 Å². The average molecular weight is 690 g/mol. The Morgan fingerprint density at radius 1 is 0.407 bits per heavy atom. The van der Waals surface area contributed by atoms with Gasteiger partial charge in [0.2, 0.25) is 0 Å². The van der Waals surface area contributed by atoms with Crippen LogP contribution in [-0.2, 0) is 11.8 Å². The van der Waals surface area contributed by atoms with E-state index >= 15 is 0 Å². The lowest BCUT2D eigenvalue weighted by Crippen LogP contribution is -2.14. The molecule has 0 atom stereocenters. The number of benzene rings is 8. The fourth-order valence-electron chi connectivity index (χ4n) is 9.56. The minimum absolute atomic E-state index is 0.0430. The van der Waals surface area contributed by atoms with Crippen molar-refractivity contribution in [3.8, 4) is 61.3 Å². The van der Waals surface area contributed by atoms with E-state index in [2.05, 4.69) is 195 Å². The second-order valence-electron chi connectivity index (χ2n) is 15.8. The van der Waals surface area contributed by atoms with E-state index in [1.807, 2.05) is 0 Å². The van der Waals surface area contributed by atoms with Crippen molar-refractivity contribution in [1.82, 2.24) is 4.57 Å². The average Bonchev–Trinajstić information content (AvgIpc) is 3.82. The lowest BCUT2D eigenvalue weighted by molar-refractivity contribution is 0.660.